The molecule has 0 radical (unpaired) electrons. The molecule has 0 aromatic heterocycles. The lowest BCUT2D eigenvalue weighted by Crippen LogP contribution is -1.98. The number of benzene rings is 1. The van der Waals surface area contributed by atoms with E-state index in [4.69, 9.17) is 5.73 Å². The summed E-state index contributed by atoms with van der Waals surface area (Å²) in [5.41, 5.74) is 7.82. The lowest BCUT2D eigenvalue weighted by molar-refractivity contribution is 0.866. The molecule has 0 saturated carbocycles. The SMILES string of the molecule is C=C(CCCN)c1ccccc1. The van der Waals surface area contributed by atoms with Crippen LogP contribution < -0.4 is 5.73 Å². The molecule has 12 heavy (non-hydrogen) atoms. The minimum atomic E-state index is 0.742. The Hall–Kier alpha value is -1.08. The van der Waals surface area contributed by atoms with Gasteiger partial charge in [0.2, 0.25) is 0 Å². The van der Waals surface area contributed by atoms with Crippen LogP contribution in [0.15, 0.2) is 36.9 Å². The molecule has 0 unspecified atom stereocenters. The highest BCUT2D eigenvalue weighted by molar-refractivity contribution is 5.62. The minimum Gasteiger partial charge on any atom is -0.330 e. The van der Waals surface area contributed by atoms with Gasteiger partial charge >= 0.3 is 0 Å². The predicted octanol–water partition coefficient (Wildman–Crippen LogP) is 2.44. The van der Waals surface area contributed by atoms with Crippen molar-refractivity contribution in [2.45, 2.75) is 12.8 Å². The van der Waals surface area contributed by atoms with Gasteiger partial charge in [-0.15, -0.1) is 0 Å². The van der Waals surface area contributed by atoms with E-state index < -0.39 is 0 Å². The van der Waals surface area contributed by atoms with Crippen molar-refractivity contribution < 1.29 is 0 Å². The van der Waals surface area contributed by atoms with Crippen molar-refractivity contribution in [1.82, 2.24) is 0 Å². The molecule has 1 heteroatoms. The van der Waals surface area contributed by atoms with E-state index in [1.807, 2.05) is 18.2 Å². The van der Waals surface area contributed by atoms with Crippen molar-refractivity contribution in [2.24, 2.45) is 5.73 Å². The first-order chi connectivity index (χ1) is 5.84. The maximum absolute atomic E-state index is 5.41. The van der Waals surface area contributed by atoms with E-state index >= 15 is 0 Å². The Balaban J connectivity index is 2.54. The van der Waals surface area contributed by atoms with Crippen molar-refractivity contribution in [2.75, 3.05) is 6.54 Å². The average Bonchev–Trinajstić information content (AvgIpc) is 2.15. The molecule has 0 aliphatic carbocycles. The van der Waals surface area contributed by atoms with E-state index in [0.717, 1.165) is 19.4 Å². The van der Waals surface area contributed by atoms with Crippen molar-refractivity contribution >= 4 is 5.57 Å². The van der Waals surface area contributed by atoms with Gasteiger partial charge in [-0.1, -0.05) is 36.9 Å². The normalized spacial score (nSPS) is 9.75. The molecular weight excluding hydrogens is 146 g/mol. The zero-order valence-corrected chi connectivity index (χ0v) is 7.29. The largest absolute Gasteiger partial charge is 0.330 e. The third kappa shape index (κ3) is 2.51. The van der Waals surface area contributed by atoms with Crippen LogP contribution in [-0.2, 0) is 0 Å². The van der Waals surface area contributed by atoms with E-state index in [1.54, 1.807) is 0 Å². The average molecular weight is 161 g/mol. The lowest BCUT2D eigenvalue weighted by Gasteiger charge is -2.03. The number of allylic oxidation sites excluding steroid dienone is 1. The van der Waals surface area contributed by atoms with Gasteiger partial charge in [-0.2, -0.15) is 0 Å². The zero-order valence-electron chi connectivity index (χ0n) is 7.29. The first kappa shape index (κ1) is 9.01. The van der Waals surface area contributed by atoms with Gasteiger partial charge in [0.05, 0.1) is 0 Å². The van der Waals surface area contributed by atoms with Crippen molar-refractivity contribution in [3.05, 3.63) is 42.5 Å². The van der Waals surface area contributed by atoms with E-state index in [-0.39, 0.29) is 0 Å². The van der Waals surface area contributed by atoms with E-state index in [2.05, 4.69) is 18.7 Å². The van der Waals surface area contributed by atoms with Crippen molar-refractivity contribution in [3.8, 4) is 0 Å². The highest BCUT2D eigenvalue weighted by Crippen LogP contribution is 2.16. The van der Waals surface area contributed by atoms with Gasteiger partial charge in [0.1, 0.15) is 0 Å². The van der Waals surface area contributed by atoms with E-state index in [1.165, 1.54) is 11.1 Å². The molecule has 1 aromatic rings. The van der Waals surface area contributed by atoms with Crippen LogP contribution >= 0.6 is 0 Å². The van der Waals surface area contributed by atoms with Crippen LogP contribution in [0.5, 0.6) is 0 Å². The van der Waals surface area contributed by atoms with Crippen molar-refractivity contribution in [3.63, 3.8) is 0 Å². The van der Waals surface area contributed by atoms with E-state index in [9.17, 15) is 0 Å². The summed E-state index contributed by atoms with van der Waals surface area (Å²) in [6.07, 6.45) is 2.02. The fourth-order valence-corrected chi connectivity index (χ4v) is 1.13. The molecule has 0 atom stereocenters. The molecule has 1 nitrogen and oxygen atoms in total. The molecular formula is C11H15N. The van der Waals surface area contributed by atoms with E-state index in [0.29, 0.717) is 0 Å². The van der Waals surface area contributed by atoms with Gasteiger partial charge < -0.3 is 5.73 Å². The van der Waals surface area contributed by atoms with Crippen LogP contribution in [-0.4, -0.2) is 6.54 Å². The number of rotatable bonds is 4. The fraction of sp³-hybridized carbons (Fsp3) is 0.273. The topological polar surface area (TPSA) is 26.0 Å². The van der Waals surface area contributed by atoms with Crippen LogP contribution in [0.4, 0.5) is 0 Å². The highest BCUT2D eigenvalue weighted by atomic mass is 14.5. The van der Waals surface area contributed by atoms with Gasteiger partial charge in [0, 0.05) is 0 Å². The summed E-state index contributed by atoms with van der Waals surface area (Å²) < 4.78 is 0. The Labute approximate surface area is 73.9 Å². The summed E-state index contributed by atoms with van der Waals surface area (Å²) in [7, 11) is 0. The molecule has 0 amide bonds. The molecule has 0 spiro atoms. The first-order valence-corrected chi connectivity index (χ1v) is 4.28. The summed E-state index contributed by atoms with van der Waals surface area (Å²) in [6.45, 7) is 4.75. The molecule has 0 heterocycles. The molecule has 2 N–H and O–H groups in total. The van der Waals surface area contributed by atoms with Gasteiger partial charge in [-0.25, -0.2) is 0 Å². The smallest absolute Gasteiger partial charge is 0.00741 e. The molecule has 0 aliphatic rings. The Kier molecular flexibility index (Phi) is 3.55. The van der Waals surface area contributed by atoms with Crippen molar-refractivity contribution in [1.29, 1.82) is 0 Å². The third-order valence-corrected chi connectivity index (χ3v) is 1.86. The van der Waals surface area contributed by atoms with Crippen LogP contribution in [0.1, 0.15) is 18.4 Å². The van der Waals surface area contributed by atoms with Crippen LogP contribution in [0.3, 0.4) is 0 Å². The predicted molar refractivity (Wildman–Crippen MR) is 53.8 cm³/mol. The lowest BCUT2D eigenvalue weighted by atomic mass is 10.0. The minimum absolute atomic E-state index is 0.742. The van der Waals surface area contributed by atoms with Crippen LogP contribution in [0.2, 0.25) is 0 Å². The summed E-state index contributed by atoms with van der Waals surface area (Å²) in [5, 5.41) is 0. The summed E-state index contributed by atoms with van der Waals surface area (Å²) in [5.74, 6) is 0. The standard InChI is InChI=1S/C11H15N/c1-10(6-5-9-12)11-7-3-2-4-8-11/h2-4,7-8H,1,5-6,9,12H2. The van der Waals surface area contributed by atoms with Gasteiger partial charge in [-0.3, -0.25) is 0 Å². The molecule has 1 aromatic carbocycles. The number of hydrogen-bond donors (Lipinski definition) is 1. The Morgan fingerprint density at radius 3 is 2.50 bits per heavy atom. The zero-order chi connectivity index (χ0) is 8.81. The molecule has 0 aliphatic heterocycles. The second kappa shape index (κ2) is 4.73. The Morgan fingerprint density at radius 2 is 1.92 bits per heavy atom. The second-order valence-electron chi connectivity index (χ2n) is 2.86. The maximum atomic E-state index is 5.41. The van der Waals surface area contributed by atoms with Gasteiger partial charge in [0.25, 0.3) is 0 Å². The second-order valence-corrected chi connectivity index (χ2v) is 2.86. The summed E-state index contributed by atoms with van der Waals surface area (Å²) >= 11 is 0. The molecule has 1 rings (SSSR count). The Morgan fingerprint density at radius 1 is 1.25 bits per heavy atom. The number of hydrogen-bond acceptors (Lipinski definition) is 1. The quantitative estimate of drug-likeness (QED) is 0.721. The molecule has 0 bridgehead atoms. The van der Waals surface area contributed by atoms with Gasteiger partial charge in [0.15, 0.2) is 0 Å². The van der Waals surface area contributed by atoms with Crippen LogP contribution in [0, 0.1) is 0 Å². The maximum Gasteiger partial charge on any atom is -0.00741 e. The molecule has 64 valence electrons. The summed E-state index contributed by atoms with van der Waals surface area (Å²) in [4.78, 5) is 0. The molecule has 0 fully saturated rings. The van der Waals surface area contributed by atoms with Crippen LogP contribution in [0.25, 0.3) is 5.57 Å². The monoisotopic (exact) mass is 161 g/mol. The first-order valence-electron chi connectivity index (χ1n) is 4.28. The number of nitrogens with two attached hydrogens (primary N) is 1. The third-order valence-electron chi connectivity index (χ3n) is 1.86. The van der Waals surface area contributed by atoms with Gasteiger partial charge in [-0.05, 0) is 30.5 Å². The Bertz CT molecular complexity index is 238. The summed E-state index contributed by atoms with van der Waals surface area (Å²) in [6, 6.07) is 10.2. The fourth-order valence-electron chi connectivity index (χ4n) is 1.13. The molecule has 0 saturated heterocycles. The highest BCUT2D eigenvalue weighted by Gasteiger charge is 1.95.